The van der Waals surface area contributed by atoms with Gasteiger partial charge in [0.05, 0.1) is 5.92 Å². The summed E-state index contributed by atoms with van der Waals surface area (Å²) in [6, 6.07) is 0.814. The normalized spacial score (nSPS) is 34.4. The molecule has 0 spiro atoms. The molecule has 0 aromatic rings. The first-order chi connectivity index (χ1) is 16.8. The summed E-state index contributed by atoms with van der Waals surface area (Å²) in [4.78, 5) is 43.1. The number of nitrogens with one attached hydrogen (secondary N) is 2. The highest BCUT2D eigenvalue weighted by Gasteiger charge is 2.43. The zero-order chi connectivity index (χ0) is 26.8. The van der Waals surface area contributed by atoms with Crippen LogP contribution in [0.4, 0.5) is 0 Å². The lowest BCUT2D eigenvalue weighted by molar-refractivity contribution is -0.141. The van der Waals surface area contributed by atoms with Gasteiger partial charge in [-0.1, -0.05) is 41.5 Å². The maximum absolute atomic E-state index is 13.4. The smallest absolute Gasteiger partial charge is 0.227 e. The van der Waals surface area contributed by atoms with Crippen molar-refractivity contribution < 1.29 is 14.4 Å². The molecule has 3 amide bonds. The molecule has 36 heavy (non-hydrogen) atoms. The van der Waals surface area contributed by atoms with E-state index >= 15 is 0 Å². The minimum absolute atomic E-state index is 0.0260. The Bertz CT molecular complexity index is 792. The second kappa shape index (κ2) is 12.0. The number of halogens is 1. The fraction of sp³-hybridized carbons (Fsp3) is 0.893. The number of nitrogens with zero attached hydrogens (tertiary/aromatic N) is 2. The predicted octanol–water partition coefficient (Wildman–Crippen LogP) is 3.64. The van der Waals surface area contributed by atoms with Gasteiger partial charge in [0, 0.05) is 54.5 Å². The van der Waals surface area contributed by atoms with Crippen molar-refractivity contribution in [2.75, 3.05) is 26.2 Å². The molecule has 2 heterocycles. The number of amides is 3. The second-order valence-electron chi connectivity index (χ2n) is 12.7. The van der Waals surface area contributed by atoms with Gasteiger partial charge in [0.15, 0.2) is 0 Å². The molecule has 1 aliphatic carbocycles. The van der Waals surface area contributed by atoms with E-state index in [1.54, 1.807) is 0 Å². The maximum Gasteiger partial charge on any atom is 0.227 e. The van der Waals surface area contributed by atoms with E-state index in [2.05, 4.69) is 36.3 Å². The minimum Gasteiger partial charge on any atom is -0.355 e. The van der Waals surface area contributed by atoms with Gasteiger partial charge < -0.3 is 15.5 Å². The molecule has 2 N–H and O–H groups in total. The van der Waals surface area contributed by atoms with Crippen LogP contribution in [0.1, 0.15) is 80.6 Å². The first kappa shape index (κ1) is 29.2. The lowest BCUT2D eigenvalue weighted by Crippen LogP contribution is -2.57. The molecule has 1 saturated carbocycles. The van der Waals surface area contributed by atoms with Crippen molar-refractivity contribution in [3.05, 3.63) is 0 Å². The quantitative estimate of drug-likeness (QED) is 0.520. The van der Waals surface area contributed by atoms with E-state index in [1.165, 1.54) is 0 Å². The number of rotatable bonds is 6. The second-order valence-corrected chi connectivity index (χ2v) is 13.3. The van der Waals surface area contributed by atoms with Crippen LogP contribution < -0.4 is 10.6 Å². The summed E-state index contributed by atoms with van der Waals surface area (Å²) in [5.41, 5.74) is -0.351. The van der Waals surface area contributed by atoms with E-state index < -0.39 is 0 Å². The van der Waals surface area contributed by atoms with Crippen LogP contribution in [0, 0.1) is 29.1 Å². The summed E-state index contributed by atoms with van der Waals surface area (Å²) >= 11 is 6.76. The first-order valence-electron chi connectivity index (χ1n) is 14.1. The van der Waals surface area contributed by atoms with Crippen molar-refractivity contribution in [1.82, 2.24) is 20.4 Å². The zero-order valence-electron chi connectivity index (χ0n) is 23.5. The van der Waals surface area contributed by atoms with Crippen LogP contribution in [0.2, 0.25) is 0 Å². The summed E-state index contributed by atoms with van der Waals surface area (Å²) in [6.07, 6.45) is 4.39. The Morgan fingerprint density at radius 2 is 1.75 bits per heavy atom. The van der Waals surface area contributed by atoms with Crippen LogP contribution in [-0.2, 0) is 14.4 Å². The Morgan fingerprint density at radius 1 is 1.11 bits per heavy atom. The van der Waals surface area contributed by atoms with Crippen LogP contribution in [-0.4, -0.2) is 77.2 Å². The van der Waals surface area contributed by atoms with Crippen LogP contribution in [0.3, 0.4) is 0 Å². The predicted molar refractivity (Wildman–Crippen MR) is 145 cm³/mol. The maximum atomic E-state index is 13.4. The number of piperidine rings is 2. The van der Waals surface area contributed by atoms with Crippen LogP contribution >= 0.6 is 11.6 Å². The van der Waals surface area contributed by atoms with Gasteiger partial charge in [0.2, 0.25) is 17.7 Å². The van der Waals surface area contributed by atoms with Gasteiger partial charge in [-0.3, -0.25) is 19.3 Å². The Morgan fingerprint density at radius 3 is 2.31 bits per heavy atom. The molecule has 3 rings (SSSR count). The molecule has 2 aliphatic heterocycles. The number of carbonyl (C=O) groups is 3. The van der Waals surface area contributed by atoms with Crippen LogP contribution in [0.5, 0.6) is 0 Å². The number of carbonyl (C=O) groups excluding carboxylic acids is 3. The Labute approximate surface area is 223 Å². The fourth-order valence-electron chi connectivity index (χ4n) is 6.78. The van der Waals surface area contributed by atoms with E-state index in [-0.39, 0.29) is 64.3 Å². The SMILES string of the molecule is CCN(C1CCN(C(=O)C(C)(C)C)CC1)C1CC(Cl)CC(C(=O)NCC2C(=O)NC(C)CC2C)C1C. The zero-order valence-corrected chi connectivity index (χ0v) is 24.2. The van der Waals surface area contributed by atoms with Gasteiger partial charge in [0.1, 0.15) is 0 Å². The molecular formula is C28H49ClN4O3. The van der Waals surface area contributed by atoms with Gasteiger partial charge in [0.25, 0.3) is 0 Å². The molecule has 8 heteroatoms. The van der Waals surface area contributed by atoms with Crippen molar-refractivity contribution >= 4 is 29.3 Å². The molecule has 7 unspecified atom stereocenters. The van der Waals surface area contributed by atoms with Crippen LogP contribution in [0.25, 0.3) is 0 Å². The monoisotopic (exact) mass is 524 g/mol. The standard InChI is InChI=1S/C28H49ClN4O3/c1-8-33(21-9-11-32(12-10-21)27(36)28(5,6)7)24-15-20(29)14-22(19(24)4)25(34)30-16-23-17(2)13-18(3)31-26(23)35/h17-24H,8-16H2,1-7H3,(H,30,34)(H,31,35). The van der Waals surface area contributed by atoms with Crippen molar-refractivity contribution in [2.45, 2.75) is 104 Å². The molecule has 3 fully saturated rings. The number of hydrogen-bond acceptors (Lipinski definition) is 4. The Kier molecular flexibility index (Phi) is 9.75. The van der Waals surface area contributed by atoms with Gasteiger partial charge in [-0.2, -0.15) is 0 Å². The third-order valence-corrected chi connectivity index (χ3v) is 9.23. The molecule has 206 valence electrons. The van der Waals surface area contributed by atoms with E-state index in [9.17, 15) is 14.4 Å². The molecular weight excluding hydrogens is 476 g/mol. The van der Waals surface area contributed by atoms with E-state index in [4.69, 9.17) is 11.6 Å². The highest BCUT2D eigenvalue weighted by atomic mass is 35.5. The Hall–Kier alpha value is -1.34. The van der Waals surface area contributed by atoms with Gasteiger partial charge in [-0.15, -0.1) is 11.6 Å². The van der Waals surface area contributed by atoms with Crippen molar-refractivity contribution in [2.24, 2.45) is 29.1 Å². The number of hydrogen-bond donors (Lipinski definition) is 2. The molecule has 7 nitrogen and oxygen atoms in total. The molecule has 7 atom stereocenters. The highest BCUT2D eigenvalue weighted by Crippen LogP contribution is 2.38. The molecule has 3 aliphatic rings. The lowest BCUT2D eigenvalue weighted by atomic mass is 9.74. The molecule has 0 radical (unpaired) electrons. The first-order valence-corrected chi connectivity index (χ1v) is 14.5. The van der Waals surface area contributed by atoms with E-state index in [1.807, 2.05) is 32.6 Å². The summed E-state index contributed by atoms with van der Waals surface area (Å²) < 4.78 is 0. The summed E-state index contributed by atoms with van der Waals surface area (Å²) in [7, 11) is 0. The van der Waals surface area contributed by atoms with Crippen molar-refractivity contribution in [3.8, 4) is 0 Å². The number of alkyl halides is 1. The van der Waals surface area contributed by atoms with Crippen molar-refractivity contribution in [3.63, 3.8) is 0 Å². The van der Waals surface area contributed by atoms with E-state index in [0.717, 1.165) is 45.3 Å². The van der Waals surface area contributed by atoms with Gasteiger partial charge in [-0.05, 0) is 57.4 Å². The molecule has 0 aromatic heterocycles. The van der Waals surface area contributed by atoms with Gasteiger partial charge >= 0.3 is 0 Å². The third kappa shape index (κ3) is 6.75. The van der Waals surface area contributed by atoms with E-state index in [0.29, 0.717) is 19.0 Å². The molecule has 2 saturated heterocycles. The summed E-state index contributed by atoms with van der Waals surface area (Å²) in [6.45, 7) is 17.3. The van der Waals surface area contributed by atoms with Crippen LogP contribution in [0.15, 0.2) is 0 Å². The highest BCUT2D eigenvalue weighted by molar-refractivity contribution is 6.20. The molecule has 0 bridgehead atoms. The average molecular weight is 525 g/mol. The van der Waals surface area contributed by atoms with Crippen molar-refractivity contribution in [1.29, 1.82) is 0 Å². The summed E-state index contributed by atoms with van der Waals surface area (Å²) in [5, 5.41) is 6.09. The number of likely N-dealkylation sites (tertiary alicyclic amines) is 1. The fourth-order valence-corrected chi connectivity index (χ4v) is 7.15. The third-order valence-electron chi connectivity index (χ3n) is 8.87. The van der Waals surface area contributed by atoms with Gasteiger partial charge in [-0.25, -0.2) is 0 Å². The minimum atomic E-state index is -0.351. The largest absolute Gasteiger partial charge is 0.355 e. The average Bonchev–Trinajstić information content (AvgIpc) is 2.80. The Balaban J connectivity index is 1.61. The summed E-state index contributed by atoms with van der Waals surface area (Å²) in [5.74, 6) is 0.370. The molecule has 0 aromatic carbocycles. The lowest BCUT2D eigenvalue weighted by Gasteiger charge is -2.48. The topological polar surface area (TPSA) is 81.8 Å².